The van der Waals surface area contributed by atoms with Gasteiger partial charge in [0.05, 0.1) is 25.4 Å². The molecule has 420 valence electrons. The van der Waals surface area contributed by atoms with Gasteiger partial charge in [0.25, 0.3) is 11.8 Å². The number of nitrogens with one attached hydrogen (secondary N) is 1. The molecule has 8 rings (SSSR count). The van der Waals surface area contributed by atoms with E-state index in [1.165, 1.54) is 16.0 Å². The minimum Gasteiger partial charge on any atom is -0.493 e. The van der Waals surface area contributed by atoms with E-state index >= 15 is 0 Å². The maximum Gasteiger partial charge on any atom is 0.259 e. The predicted octanol–water partition coefficient (Wildman–Crippen LogP) is 9.19. The number of fused-ring (bicyclic) bond motifs is 2. The number of amides is 4. The van der Waals surface area contributed by atoms with Crippen molar-refractivity contribution in [1.29, 1.82) is 0 Å². The van der Waals surface area contributed by atoms with E-state index in [2.05, 4.69) is 93.0 Å². The smallest absolute Gasteiger partial charge is 0.259 e. The molecule has 0 radical (unpaired) electrons. The Morgan fingerprint density at radius 3 is 1.52 bits per heavy atom. The monoisotopic (exact) mass is 1110 g/mol. The number of aromatic nitrogens is 4. The third-order valence-corrected chi connectivity index (χ3v) is 24.0. The van der Waals surface area contributed by atoms with Crippen molar-refractivity contribution in [2.75, 3.05) is 67.6 Å². The van der Waals surface area contributed by atoms with Gasteiger partial charge < -0.3 is 39.2 Å². The fraction of sp³-hybridized carbons (Fsp3) is 0.571. The summed E-state index contributed by atoms with van der Waals surface area (Å²) in [4.78, 5) is 77.6. The first kappa shape index (κ1) is 60.7. The second kappa shape index (κ2) is 25.5. The zero-order valence-electron chi connectivity index (χ0n) is 47.9. The molecule has 4 aromatic rings. The van der Waals surface area contributed by atoms with Crippen LogP contribution in [0.1, 0.15) is 114 Å². The van der Waals surface area contributed by atoms with Crippen LogP contribution in [0.5, 0.6) is 11.5 Å². The van der Waals surface area contributed by atoms with Gasteiger partial charge in [-0.2, -0.15) is 4.98 Å². The second-order valence-electron chi connectivity index (χ2n) is 23.8. The number of halogens is 1. The van der Waals surface area contributed by atoms with Crippen LogP contribution in [0.25, 0.3) is 0 Å². The molecule has 0 saturated carbocycles. The van der Waals surface area contributed by atoms with Crippen molar-refractivity contribution in [3.63, 3.8) is 0 Å². The standard InChI is InChI=1S/C28H41N5O4Si.C25H33ClN4O4Si.C3H9N/c1-19(2)30-27-29-13-10-24(31-27)33(26(35)21-8-9-23-20(16-21)12-15-36-23)18-25(34)32-14-11-22(17-32)37-38(6,7)28(3,4)5;1-25(2,3)35(4,5)34-19-9-12-29(15-19)22(31)16-30(21-8-11-27-24(26)28-21)23(32)18-6-7-20-17(14-18)10-13-33-20;1-3(2)4/h8-10,13,16,19,22H,11-12,14-15,17-18H2,1-7H3,(H,29,30,31);6-8,11,14,19H,9-10,12-13,15-16H2,1-5H3;3H,4H2,1-2H3/t22-;19-;/m11./s1. The minimum atomic E-state index is -1.95. The first-order valence-corrected chi connectivity index (χ1v) is 33.1. The molecule has 0 unspecified atom stereocenters. The Labute approximate surface area is 463 Å². The molecular weight excluding hydrogens is 1030 g/mol. The number of benzene rings is 2. The van der Waals surface area contributed by atoms with Crippen LogP contribution in [-0.4, -0.2) is 147 Å². The van der Waals surface area contributed by atoms with Gasteiger partial charge in [0.15, 0.2) is 16.6 Å². The van der Waals surface area contributed by atoms with E-state index in [0.29, 0.717) is 68.3 Å². The van der Waals surface area contributed by atoms with E-state index in [0.717, 1.165) is 48.3 Å². The average Bonchev–Trinajstić information content (AvgIpc) is 4.20. The molecule has 0 aliphatic carbocycles. The van der Waals surface area contributed by atoms with E-state index in [1.807, 2.05) is 50.8 Å². The molecule has 2 saturated heterocycles. The largest absolute Gasteiger partial charge is 0.493 e. The highest BCUT2D eigenvalue weighted by molar-refractivity contribution is 6.74. The third-order valence-electron chi connectivity index (χ3n) is 14.7. The Morgan fingerprint density at radius 2 is 1.12 bits per heavy atom. The summed E-state index contributed by atoms with van der Waals surface area (Å²) in [5.41, 5.74) is 8.06. The van der Waals surface area contributed by atoms with Crippen molar-refractivity contribution >= 4 is 69.4 Å². The summed E-state index contributed by atoms with van der Waals surface area (Å²) < 4.78 is 24.3. The van der Waals surface area contributed by atoms with Gasteiger partial charge in [-0.15, -0.1) is 0 Å². The van der Waals surface area contributed by atoms with Crippen molar-refractivity contribution < 1.29 is 37.5 Å². The Bertz CT molecular complexity index is 2710. The number of nitrogens with zero attached hydrogens (tertiary/aromatic N) is 8. The molecule has 77 heavy (non-hydrogen) atoms. The second-order valence-corrected chi connectivity index (χ2v) is 33.7. The van der Waals surface area contributed by atoms with Crippen LogP contribution >= 0.6 is 11.6 Å². The number of ether oxygens (including phenoxy) is 2. The van der Waals surface area contributed by atoms with Gasteiger partial charge in [0, 0.05) is 68.6 Å². The van der Waals surface area contributed by atoms with E-state index in [4.69, 9.17) is 35.7 Å². The number of rotatable bonds is 14. The molecule has 0 bridgehead atoms. The van der Waals surface area contributed by atoms with Crippen LogP contribution in [0.4, 0.5) is 17.6 Å². The lowest BCUT2D eigenvalue weighted by Crippen LogP contribution is -2.46. The first-order valence-electron chi connectivity index (χ1n) is 26.9. The topological polar surface area (TPSA) is 208 Å². The van der Waals surface area contributed by atoms with Crippen LogP contribution in [0.3, 0.4) is 0 Å². The number of hydrogen-bond donors (Lipinski definition) is 2. The SMILES string of the molecule is CC(C)(C)[Si](C)(C)O[C@@H]1CCN(C(=O)CN(C(=O)c2ccc3c(c2)CCO3)c2ccnc(Cl)n2)C1.CC(C)N.CC(C)Nc1nccc(N(CC(=O)N2CC[C@@H](O[Si](C)(C)C(C)(C)C)C2)C(=O)c2ccc3c(c2)CCO3)n1. The van der Waals surface area contributed by atoms with Gasteiger partial charge in [0.2, 0.25) is 23.0 Å². The number of carbonyl (C=O) groups is 4. The van der Waals surface area contributed by atoms with Gasteiger partial charge in [-0.1, -0.05) is 55.4 Å². The molecule has 18 nitrogen and oxygen atoms in total. The zero-order chi connectivity index (χ0) is 56.6. The number of hydrogen-bond acceptors (Lipinski definition) is 14. The maximum atomic E-state index is 13.8. The molecule has 4 aliphatic rings. The van der Waals surface area contributed by atoms with Crippen LogP contribution in [0.2, 0.25) is 41.5 Å². The van der Waals surface area contributed by atoms with Gasteiger partial charge in [-0.05, 0) is 140 Å². The molecule has 2 fully saturated rings. The van der Waals surface area contributed by atoms with Crippen molar-refractivity contribution in [2.24, 2.45) is 5.73 Å². The third kappa shape index (κ3) is 16.3. The summed E-state index contributed by atoms with van der Waals surface area (Å²) in [5, 5.41) is 3.39. The summed E-state index contributed by atoms with van der Waals surface area (Å²) in [7, 11) is -3.89. The van der Waals surface area contributed by atoms with E-state index in [1.54, 1.807) is 41.4 Å². The molecule has 21 heteroatoms. The summed E-state index contributed by atoms with van der Waals surface area (Å²) in [6, 6.07) is 14.5. The fourth-order valence-corrected chi connectivity index (χ4v) is 11.4. The van der Waals surface area contributed by atoms with Crippen LogP contribution in [0.15, 0.2) is 60.9 Å². The lowest BCUT2D eigenvalue weighted by molar-refractivity contribution is -0.129. The zero-order valence-corrected chi connectivity index (χ0v) is 50.6. The molecule has 0 spiro atoms. The molecule has 4 aliphatic heterocycles. The Balaban J connectivity index is 0.000000234. The predicted molar refractivity (Wildman–Crippen MR) is 308 cm³/mol. The lowest BCUT2D eigenvalue weighted by atomic mass is 10.1. The molecule has 2 aromatic heterocycles. The number of nitrogens with two attached hydrogens (primary N) is 1. The number of anilines is 3. The highest BCUT2D eigenvalue weighted by Crippen LogP contribution is 2.40. The Hall–Kier alpha value is -5.52. The molecule has 6 heterocycles. The van der Waals surface area contributed by atoms with Crippen molar-refractivity contribution in [1.82, 2.24) is 29.7 Å². The summed E-state index contributed by atoms with van der Waals surface area (Å²) in [5.74, 6) is 1.79. The molecule has 3 N–H and O–H groups in total. The van der Waals surface area contributed by atoms with E-state index in [-0.39, 0.29) is 76.1 Å². The van der Waals surface area contributed by atoms with Crippen LogP contribution in [-0.2, 0) is 31.3 Å². The van der Waals surface area contributed by atoms with Crippen LogP contribution in [0, 0.1) is 0 Å². The van der Waals surface area contributed by atoms with Crippen molar-refractivity contribution in [3.8, 4) is 11.5 Å². The average molecular weight is 1120 g/mol. The minimum absolute atomic E-state index is 0.00852. The molecule has 2 aromatic carbocycles. The first-order chi connectivity index (χ1) is 36.0. The highest BCUT2D eigenvalue weighted by Gasteiger charge is 2.43. The van der Waals surface area contributed by atoms with Gasteiger partial charge in [0.1, 0.15) is 36.2 Å². The fourth-order valence-electron chi connectivity index (χ4n) is 8.53. The highest BCUT2D eigenvalue weighted by atomic mass is 35.5. The number of carbonyl (C=O) groups excluding carboxylic acids is 4. The molecule has 2 atom stereocenters. The van der Waals surface area contributed by atoms with Gasteiger partial charge >= 0.3 is 0 Å². The maximum absolute atomic E-state index is 13.8. The normalized spacial score (nSPS) is 17.1. The summed E-state index contributed by atoms with van der Waals surface area (Å²) in [6.45, 7) is 33.3. The van der Waals surface area contributed by atoms with Crippen molar-refractivity contribution in [2.45, 2.75) is 155 Å². The Morgan fingerprint density at radius 1 is 0.701 bits per heavy atom. The van der Waals surface area contributed by atoms with Crippen LogP contribution < -0.4 is 30.3 Å². The Kier molecular flexibility index (Phi) is 20.1. The van der Waals surface area contributed by atoms with Gasteiger partial charge in [-0.25, -0.2) is 15.0 Å². The molecular formula is C56H83ClN10O8Si2. The lowest BCUT2D eigenvalue weighted by Gasteiger charge is -2.38. The van der Waals surface area contributed by atoms with E-state index in [9.17, 15) is 19.2 Å². The van der Waals surface area contributed by atoms with Crippen molar-refractivity contribution in [3.05, 3.63) is 88.5 Å². The van der Waals surface area contributed by atoms with E-state index < -0.39 is 16.6 Å². The summed E-state index contributed by atoms with van der Waals surface area (Å²) in [6.07, 6.45) is 6.20. The number of likely N-dealkylation sites (tertiary alicyclic amines) is 2. The molecule has 4 amide bonds. The van der Waals surface area contributed by atoms with Gasteiger partial charge in [-0.3, -0.25) is 29.0 Å². The summed E-state index contributed by atoms with van der Waals surface area (Å²) >= 11 is 6.01. The quantitative estimate of drug-likeness (QED) is 0.0892.